The SMILES string of the molecule is COc1ccc2c(c1)N1CCN(c3ccc(C)cc3)C[C@H]1[C@H](C(=O)NCCCN1CCOCC1)C2. The third-order valence-electron chi connectivity index (χ3n) is 7.71. The number of anilines is 2. The van der Waals surface area contributed by atoms with Crippen LogP contribution in [0.1, 0.15) is 17.5 Å². The third-order valence-corrected chi connectivity index (χ3v) is 7.71. The predicted molar refractivity (Wildman–Crippen MR) is 140 cm³/mol. The highest BCUT2D eigenvalue weighted by molar-refractivity contribution is 5.82. The van der Waals surface area contributed by atoms with Gasteiger partial charge in [0.05, 0.1) is 32.3 Å². The van der Waals surface area contributed by atoms with Gasteiger partial charge in [0.2, 0.25) is 5.91 Å². The monoisotopic (exact) mass is 478 g/mol. The van der Waals surface area contributed by atoms with Crippen molar-refractivity contribution in [2.45, 2.75) is 25.8 Å². The summed E-state index contributed by atoms with van der Waals surface area (Å²) in [6.45, 7) is 10.1. The van der Waals surface area contributed by atoms with Crippen LogP contribution in [0.15, 0.2) is 42.5 Å². The van der Waals surface area contributed by atoms with E-state index in [4.69, 9.17) is 9.47 Å². The Hall–Kier alpha value is -2.77. The summed E-state index contributed by atoms with van der Waals surface area (Å²) in [5, 5.41) is 3.27. The van der Waals surface area contributed by atoms with Gasteiger partial charge in [0.15, 0.2) is 0 Å². The van der Waals surface area contributed by atoms with Gasteiger partial charge >= 0.3 is 0 Å². The molecule has 7 heteroatoms. The lowest BCUT2D eigenvalue weighted by molar-refractivity contribution is -0.125. The van der Waals surface area contributed by atoms with E-state index in [1.54, 1.807) is 7.11 Å². The molecule has 2 atom stereocenters. The number of rotatable bonds is 7. The predicted octanol–water partition coefficient (Wildman–Crippen LogP) is 2.71. The molecule has 3 heterocycles. The minimum Gasteiger partial charge on any atom is -0.497 e. The van der Waals surface area contributed by atoms with E-state index in [1.807, 2.05) is 6.07 Å². The zero-order chi connectivity index (χ0) is 24.2. The van der Waals surface area contributed by atoms with Crippen LogP contribution in [0.3, 0.4) is 0 Å². The molecule has 1 amide bonds. The molecule has 2 aromatic rings. The molecule has 0 aromatic heterocycles. The van der Waals surface area contributed by atoms with Crippen molar-refractivity contribution in [1.82, 2.24) is 10.2 Å². The number of nitrogens with zero attached hydrogens (tertiary/aromatic N) is 3. The highest BCUT2D eigenvalue weighted by Gasteiger charge is 2.41. The molecule has 0 bridgehead atoms. The maximum absolute atomic E-state index is 13.5. The molecular weight excluding hydrogens is 440 g/mol. The number of hydrogen-bond acceptors (Lipinski definition) is 6. The Bertz CT molecular complexity index is 1010. The fourth-order valence-electron chi connectivity index (χ4n) is 5.66. The highest BCUT2D eigenvalue weighted by Crippen LogP contribution is 2.39. The lowest BCUT2D eigenvalue weighted by atomic mass is 9.83. The van der Waals surface area contributed by atoms with E-state index in [-0.39, 0.29) is 17.9 Å². The number of carbonyl (C=O) groups excluding carboxylic acids is 1. The van der Waals surface area contributed by atoms with Crippen LogP contribution in [-0.4, -0.2) is 83.0 Å². The number of ether oxygens (including phenoxy) is 2. The van der Waals surface area contributed by atoms with E-state index >= 15 is 0 Å². The summed E-state index contributed by atoms with van der Waals surface area (Å²) in [6, 6.07) is 15.2. The van der Waals surface area contributed by atoms with Crippen molar-refractivity contribution in [3.05, 3.63) is 53.6 Å². The molecule has 2 aromatic carbocycles. The van der Waals surface area contributed by atoms with E-state index in [2.05, 4.69) is 63.3 Å². The van der Waals surface area contributed by atoms with Gasteiger partial charge < -0.3 is 24.6 Å². The summed E-state index contributed by atoms with van der Waals surface area (Å²) in [7, 11) is 1.71. The third kappa shape index (κ3) is 5.41. The van der Waals surface area contributed by atoms with Crippen molar-refractivity contribution in [2.24, 2.45) is 5.92 Å². The zero-order valence-electron chi connectivity index (χ0n) is 21.0. The first-order valence-electron chi connectivity index (χ1n) is 13.0. The average molecular weight is 479 g/mol. The first kappa shape index (κ1) is 23.9. The smallest absolute Gasteiger partial charge is 0.225 e. The summed E-state index contributed by atoms with van der Waals surface area (Å²) in [5.74, 6) is 0.969. The van der Waals surface area contributed by atoms with E-state index in [0.29, 0.717) is 0 Å². The number of morpholine rings is 1. The quantitative estimate of drug-likeness (QED) is 0.618. The maximum atomic E-state index is 13.5. The van der Waals surface area contributed by atoms with E-state index in [9.17, 15) is 4.79 Å². The van der Waals surface area contributed by atoms with Crippen molar-refractivity contribution < 1.29 is 14.3 Å². The molecule has 0 unspecified atom stereocenters. The van der Waals surface area contributed by atoms with Crippen LogP contribution in [0.2, 0.25) is 0 Å². The molecule has 188 valence electrons. The fourth-order valence-corrected chi connectivity index (χ4v) is 5.66. The largest absolute Gasteiger partial charge is 0.497 e. The number of methoxy groups -OCH3 is 1. The summed E-state index contributed by atoms with van der Waals surface area (Å²) in [4.78, 5) is 20.8. The zero-order valence-corrected chi connectivity index (χ0v) is 21.0. The van der Waals surface area contributed by atoms with Crippen LogP contribution >= 0.6 is 0 Å². The number of aryl methyl sites for hydroxylation is 1. The lowest BCUT2D eigenvalue weighted by Gasteiger charge is -2.49. The Kier molecular flexibility index (Phi) is 7.44. The van der Waals surface area contributed by atoms with Gasteiger partial charge in [-0.1, -0.05) is 23.8 Å². The van der Waals surface area contributed by atoms with Crippen molar-refractivity contribution in [3.8, 4) is 5.75 Å². The second kappa shape index (κ2) is 10.9. The van der Waals surface area contributed by atoms with Gasteiger partial charge in [-0.05, 0) is 50.1 Å². The first-order chi connectivity index (χ1) is 17.1. The van der Waals surface area contributed by atoms with Gasteiger partial charge in [-0.25, -0.2) is 0 Å². The minimum atomic E-state index is -0.0764. The van der Waals surface area contributed by atoms with Gasteiger partial charge in [-0.15, -0.1) is 0 Å². The van der Waals surface area contributed by atoms with E-state index in [0.717, 1.165) is 77.6 Å². The molecule has 1 N–H and O–H groups in total. The van der Waals surface area contributed by atoms with Crippen LogP contribution in [-0.2, 0) is 16.0 Å². The van der Waals surface area contributed by atoms with Crippen molar-refractivity contribution in [3.63, 3.8) is 0 Å². The van der Waals surface area contributed by atoms with E-state index < -0.39 is 0 Å². The molecule has 0 radical (unpaired) electrons. The topological polar surface area (TPSA) is 57.3 Å². The van der Waals surface area contributed by atoms with Crippen LogP contribution in [0, 0.1) is 12.8 Å². The van der Waals surface area contributed by atoms with Gasteiger partial charge in [-0.2, -0.15) is 0 Å². The second-order valence-corrected chi connectivity index (χ2v) is 9.95. The van der Waals surface area contributed by atoms with Crippen LogP contribution in [0.25, 0.3) is 0 Å². The van der Waals surface area contributed by atoms with Crippen molar-refractivity contribution >= 4 is 17.3 Å². The summed E-state index contributed by atoms with van der Waals surface area (Å²) < 4.78 is 11.0. The van der Waals surface area contributed by atoms with Gasteiger partial charge in [-0.3, -0.25) is 9.69 Å². The Morgan fingerprint density at radius 2 is 1.89 bits per heavy atom. The summed E-state index contributed by atoms with van der Waals surface area (Å²) in [5.41, 5.74) is 4.95. The molecular formula is C28H38N4O3. The Labute approximate surface area is 209 Å². The Morgan fingerprint density at radius 3 is 2.66 bits per heavy atom. The number of carbonyl (C=O) groups is 1. The summed E-state index contributed by atoms with van der Waals surface area (Å²) in [6.07, 6.45) is 1.73. The average Bonchev–Trinajstić information content (AvgIpc) is 2.91. The Morgan fingerprint density at radius 1 is 1.09 bits per heavy atom. The van der Waals surface area contributed by atoms with Crippen molar-refractivity contribution in [1.29, 1.82) is 0 Å². The summed E-state index contributed by atoms with van der Waals surface area (Å²) >= 11 is 0. The van der Waals surface area contributed by atoms with Gasteiger partial charge in [0.25, 0.3) is 0 Å². The lowest BCUT2D eigenvalue weighted by Crippen LogP contribution is -2.61. The molecule has 2 saturated heterocycles. The molecule has 35 heavy (non-hydrogen) atoms. The highest BCUT2D eigenvalue weighted by atomic mass is 16.5. The molecule has 0 aliphatic carbocycles. The molecule has 3 aliphatic heterocycles. The van der Waals surface area contributed by atoms with Crippen LogP contribution < -0.4 is 19.9 Å². The number of piperazine rings is 1. The normalized spacial score (nSPS) is 22.3. The first-order valence-corrected chi connectivity index (χ1v) is 13.0. The minimum absolute atomic E-state index is 0.0764. The number of hydrogen-bond donors (Lipinski definition) is 1. The van der Waals surface area contributed by atoms with Gasteiger partial charge in [0.1, 0.15) is 5.75 Å². The molecule has 5 rings (SSSR count). The molecule has 7 nitrogen and oxygen atoms in total. The molecule has 2 fully saturated rings. The molecule has 0 spiro atoms. The number of fused-ring (bicyclic) bond motifs is 3. The van der Waals surface area contributed by atoms with Crippen LogP contribution in [0.4, 0.5) is 11.4 Å². The second-order valence-electron chi connectivity index (χ2n) is 9.95. The fraction of sp³-hybridized carbons (Fsp3) is 0.536. The number of benzene rings is 2. The van der Waals surface area contributed by atoms with Gasteiger partial charge in [0, 0.05) is 56.7 Å². The number of amides is 1. The maximum Gasteiger partial charge on any atom is 0.225 e. The Balaban J connectivity index is 1.30. The van der Waals surface area contributed by atoms with E-state index in [1.165, 1.54) is 22.5 Å². The van der Waals surface area contributed by atoms with Crippen molar-refractivity contribution in [2.75, 3.05) is 75.9 Å². The number of nitrogens with one attached hydrogen (secondary N) is 1. The molecule has 0 saturated carbocycles. The standard InChI is InChI=1S/C28H38N4O3/c1-21-4-7-23(8-5-21)31-12-13-32-26-19-24(34-2)9-6-22(26)18-25(27(32)20-31)28(33)29-10-3-11-30-14-16-35-17-15-30/h4-9,19,25,27H,3,10-18,20H2,1-2H3,(H,29,33)/t25-,27+/m1/s1. The molecule has 3 aliphatic rings. The van der Waals surface area contributed by atoms with Crippen LogP contribution in [0.5, 0.6) is 5.75 Å².